The van der Waals surface area contributed by atoms with Gasteiger partial charge >= 0.3 is 18.0 Å². The zero-order valence-electron chi connectivity index (χ0n) is 12.5. The van der Waals surface area contributed by atoms with Crippen molar-refractivity contribution in [3.8, 4) is 0 Å². The Morgan fingerprint density at radius 2 is 2.00 bits per heavy atom. The highest BCUT2D eigenvalue weighted by molar-refractivity contribution is 5.86. The fourth-order valence-corrected chi connectivity index (χ4v) is 2.24. The van der Waals surface area contributed by atoms with Crippen molar-refractivity contribution in [1.29, 1.82) is 0 Å². The normalized spacial score (nSPS) is 21.5. The lowest BCUT2D eigenvalue weighted by molar-refractivity contribution is -0.144. The molecule has 0 aromatic heterocycles. The number of esters is 1. The van der Waals surface area contributed by atoms with Gasteiger partial charge in [-0.3, -0.25) is 4.79 Å². The second-order valence-electron chi connectivity index (χ2n) is 5.21. The first-order valence-electron chi connectivity index (χ1n) is 6.91. The highest BCUT2D eigenvalue weighted by Crippen LogP contribution is 2.21. The third-order valence-electron chi connectivity index (χ3n) is 3.28. The average molecular weight is 302 g/mol. The first-order valence-corrected chi connectivity index (χ1v) is 6.91. The first kappa shape index (κ1) is 17.2. The summed E-state index contributed by atoms with van der Waals surface area (Å²) in [7, 11) is 0. The summed E-state index contributed by atoms with van der Waals surface area (Å²) < 4.78 is 4.81. The van der Waals surface area contributed by atoms with Crippen LogP contribution in [0.25, 0.3) is 0 Å². The Hall–Kier alpha value is -1.83. The molecule has 1 aliphatic heterocycles. The van der Waals surface area contributed by atoms with Crippen LogP contribution in [0.2, 0.25) is 0 Å². The molecule has 0 bridgehead atoms. The summed E-state index contributed by atoms with van der Waals surface area (Å²) in [4.78, 5) is 37.5. The van der Waals surface area contributed by atoms with Gasteiger partial charge in [0.25, 0.3) is 0 Å². The molecule has 0 aliphatic carbocycles. The largest absolute Gasteiger partial charge is 0.480 e. The van der Waals surface area contributed by atoms with Crippen molar-refractivity contribution in [3.05, 3.63) is 0 Å². The van der Waals surface area contributed by atoms with Gasteiger partial charge in [0.15, 0.2) is 0 Å². The number of carbonyl (C=O) groups excluding carboxylic acids is 2. The Labute approximate surface area is 123 Å². The molecule has 120 valence electrons. The Balaban J connectivity index is 2.85. The second-order valence-corrected chi connectivity index (χ2v) is 5.21. The van der Waals surface area contributed by atoms with E-state index in [1.54, 1.807) is 20.8 Å². The minimum absolute atomic E-state index is 0.00752. The van der Waals surface area contributed by atoms with Gasteiger partial charge in [-0.25, -0.2) is 9.59 Å². The van der Waals surface area contributed by atoms with Crippen molar-refractivity contribution in [2.24, 2.45) is 0 Å². The van der Waals surface area contributed by atoms with Crippen molar-refractivity contribution >= 4 is 18.0 Å². The minimum atomic E-state index is -1.17. The molecule has 8 nitrogen and oxygen atoms in total. The van der Waals surface area contributed by atoms with Crippen LogP contribution < -0.4 is 0 Å². The average Bonchev–Trinajstić information content (AvgIpc) is 2.77. The summed E-state index contributed by atoms with van der Waals surface area (Å²) in [5, 5.41) is 18.7. The fourth-order valence-electron chi connectivity index (χ4n) is 2.24. The topological polar surface area (TPSA) is 107 Å². The van der Waals surface area contributed by atoms with Gasteiger partial charge < -0.3 is 24.7 Å². The van der Waals surface area contributed by atoms with Gasteiger partial charge in [0.05, 0.1) is 12.7 Å². The van der Waals surface area contributed by atoms with E-state index < -0.39 is 30.1 Å². The van der Waals surface area contributed by atoms with Crippen LogP contribution in [0.15, 0.2) is 0 Å². The maximum Gasteiger partial charge on any atom is 0.326 e. The third-order valence-corrected chi connectivity index (χ3v) is 3.28. The van der Waals surface area contributed by atoms with E-state index in [1.807, 2.05) is 0 Å². The van der Waals surface area contributed by atoms with E-state index >= 15 is 0 Å². The summed E-state index contributed by atoms with van der Waals surface area (Å²) in [5.41, 5.74) is 0. The van der Waals surface area contributed by atoms with Crippen LogP contribution in [-0.4, -0.2) is 75.9 Å². The monoisotopic (exact) mass is 302 g/mol. The lowest BCUT2D eigenvalue weighted by Gasteiger charge is -2.32. The number of carboxylic acid groups (broad SMARTS) is 1. The number of urea groups is 1. The lowest BCUT2D eigenvalue weighted by Crippen LogP contribution is -2.52. The molecule has 0 unspecified atom stereocenters. The van der Waals surface area contributed by atoms with Crippen LogP contribution in [0.4, 0.5) is 4.79 Å². The fraction of sp³-hybridized carbons (Fsp3) is 0.769. The third kappa shape index (κ3) is 4.32. The number of carbonyl (C=O) groups is 3. The smallest absolute Gasteiger partial charge is 0.326 e. The minimum Gasteiger partial charge on any atom is -0.480 e. The molecule has 0 aromatic carbocycles. The zero-order valence-corrected chi connectivity index (χ0v) is 12.5. The molecule has 1 aliphatic rings. The summed E-state index contributed by atoms with van der Waals surface area (Å²) in [6.45, 7) is 5.01. The van der Waals surface area contributed by atoms with Gasteiger partial charge in [0.2, 0.25) is 0 Å². The van der Waals surface area contributed by atoms with Crippen LogP contribution in [0.1, 0.15) is 27.2 Å². The van der Waals surface area contributed by atoms with Gasteiger partial charge in [-0.1, -0.05) is 0 Å². The number of carboxylic acids is 1. The van der Waals surface area contributed by atoms with Gasteiger partial charge in [-0.2, -0.15) is 0 Å². The standard InChI is InChI=1S/C13H22N2O6/c1-4-21-11(17)7-14(8(2)3)13(20)15-6-9(16)5-10(15)12(18)19/h8-10,16H,4-7H2,1-3H3,(H,18,19)/t9-,10-/m0/s1. The lowest BCUT2D eigenvalue weighted by atomic mass is 10.2. The first-order chi connectivity index (χ1) is 9.77. The predicted molar refractivity (Wildman–Crippen MR) is 72.6 cm³/mol. The summed E-state index contributed by atoms with van der Waals surface area (Å²) in [5.74, 6) is -1.72. The Bertz CT molecular complexity index is 411. The molecule has 21 heavy (non-hydrogen) atoms. The number of hydrogen-bond donors (Lipinski definition) is 2. The second kappa shape index (κ2) is 7.26. The number of likely N-dealkylation sites (tertiary alicyclic amines) is 1. The highest BCUT2D eigenvalue weighted by atomic mass is 16.5. The van der Waals surface area contributed by atoms with Crippen LogP contribution in [0.5, 0.6) is 0 Å². The molecule has 0 radical (unpaired) electrons. The number of amides is 2. The van der Waals surface area contributed by atoms with Gasteiger partial charge in [0, 0.05) is 19.0 Å². The summed E-state index contributed by atoms with van der Waals surface area (Å²) in [6, 6.07) is -1.95. The predicted octanol–water partition coefficient (Wildman–Crippen LogP) is -0.100. The van der Waals surface area contributed by atoms with Crippen LogP contribution in [0.3, 0.4) is 0 Å². The van der Waals surface area contributed by atoms with Crippen molar-refractivity contribution in [2.75, 3.05) is 19.7 Å². The quantitative estimate of drug-likeness (QED) is 0.687. The maximum absolute atomic E-state index is 12.5. The number of aliphatic hydroxyl groups excluding tert-OH is 1. The van der Waals surface area contributed by atoms with E-state index in [4.69, 9.17) is 9.84 Å². The molecule has 2 atom stereocenters. The number of β-amino-alcohol motifs (C(OH)–C–C–N with tert-alkyl or cyclic N) is 1. The number of hydrogen-bond acceptors (Lipinski definition) is 5. The van der Waals surface area contributed by atoms with E-state index in [1.165, 1.54) is 4.90 Å². The Morgan fingerprint density at radius 1 is 1.38 bits per heavy atom. The van der Waals surface area contributed by atoms with Crippen molar-refractivity contribution in [1.82, 2.24) is 9.80 Å². The molecule has 8 heteroatoms. The molecule has 2 N–H and O–H groups in total. The molecule has 0 spiro atoms. The molecule has 1 heterocycles. The van der Waals surface area contributed by atoms with E-state index in [-0.39, 0.29) is 32.2 Å². The Morgan fingerprint density at radius 3 is 2.48 bits per heavy atom. The highest BCUT2D eigenvalue weighted by Gasteiger charge is 2.41. The van der Waals surface area contributed by atoms with Crippen LogP contribution in [0, 0.1) is 0 Å². The number of rotatable bonds is 5. The van der Waals surface area contributed by atoms with Crippen molar-refractivity contribution < 1.29 is 29.3 Å². The van der Waals surface area contributed by atoms with Crippen LogP contribution in [-0.2, 0) is 14.3 Å². The SMILES string of the molecule is CCOC(=O)CN(C(=O)N1C[C@@H](O)C[C@H]1C(=O)O)C(C)C. The molecule has 1 rings (SSSR count). The molecule has 0 saturated carbocycles. The van der Waals surface area contributed by atoms with E-state index in [2.05, 4.69) is 0 Å². The van der Waals surface area contributed by atoms with E-state index in [0.717, 1.165) is 4.90 Å². The zero-order chi connectivity index (χ0) is 16.2. The maximum atomic E-state index is 12.5. The molecule has 1 fully saturated rings. The number of ether oxygens (including phenoxy) is 1. The van der Waals surface area contributed by atoms with E-state index in [0.29, 0.717) is 0 Å². The Kier molecular flexibility index (Phi) is 5.95. The summed E-state index contributed by atoms with van der Waals surface area (Å²) in [6.07, 6.45) is -0.876. The van der Waals surface area contributed by atoms with E-state index in [9.17, 15) is 19.5 Å². The molecule has 2 amide bonds. The van der Waals surface area contributed by atoms with Crippen molar-refractivity contribution in [2.45, 2.75) is 45.4 Å². The number of nitrogens with zero attached hydrogens (tertiary/aromatic N) is 2. The molecule has 0 aromatic rings. The van der Waals surface area contributed by atoms with Crippen molar-refractivity contribution in [3.63, 3.8) is 0 Å². The van der Waals surface area contributed by atoms with Crippen LogP contribution >= 0.6 is 0 Å². The number of aliphatic hydroxyl groups is 1. The summed E-state index contributed by atoms with van der Waals surface area (Å²) >= 11 is 0. The molecular weight excluding hydrogens is 280 g/mol. The van der Waals surface area contributed by atoms with Gasteiger partial charge in [-0.15, -0.1) is 0 Å². The van der Waals surface area contributed by atoms with Gasteiger partial charge in [0.1, 0.15) is 12.6 Å². The molecule has 1 saturated heterocycles. The molecular formula is C13H22N2O6. The van der Waals surface area contributed by atoms with Gasteiger partial charge in [-0.05, 0) is 20.8 Å². The number of aliphatic carboxylic acids is 1.